The van der Waals surface area contributed by atoms with Crippen LogP contribution in [0.5, 0.6) is 0 Å². The van der Waals surface area contributed by atoms with E-state index in [1.54, 1.807) is 9.35 Å². The van der Waals surface area contributed by atoms with Gasteiger partial charge in [-0.1, -0.05) is 45.6 Å². The average Bonchev–Trinajstić information content (AvgIpc) is 3.25. The van der Waals surface area contributed by atoms with Crippen molar-refractivity contribution < 1.29 is 0 Å². The minimum atomic E-state index is 0. The maximum absolute atomic E-state index is 5.22. The summed E-state index contributed by atoms with van der Waals surface area (Å²) in [4.78, 5) is 0. The zero-order chi connectivity index (χ0) is 15.4. The zero-order valence-corrected chi connectivity index (χ0v) is 12.3. The highest BCUT2D eigenvalue weighted by molar-refractivity contribution is 5.27. The summed E-state index contributed by atoms with van der Waals surface area (Å²) in [6.45, 7) is 0. The number of rotatable bonds is 5. The Labute approximate surface area is 150 Å². The van der Waals surface area contributed by atoms with Crippen molar-refractivity contribution in [3.63, 3.8) is 0 Å². The van der Waals surface area contributed by atoms with Crippen LogP contribution in [-0.2, 0) is 0 Å². The average molecular weight is 348 g/mol. The molecule has 0 spiro atoms. The molecule has 1 fully saturated rings. The predicted molar refractivity (Wildman–Crippen MR) is 102 cm³/mol. The SMILES string of the molecule is C.C.C.N/N=N/n1cccc1C(c1cccn1/N=N/N)C1CCCC1. The van der Waals surface area contributed by atoms with Gasteiger partial charge in [0.2, 0.25) is 0 Å². The van der Waals surface area contributed by atoms with E-state index >= 15 is 0 Å². The van der Waals surface area contributed by atoms with E-state index in [9.17, 15) is 0 Å². The topological polar surface area (TPSA) is 111 Å². The van der Waals surface area contributed by atoms with Crippen LogP contribution in [0.25, 0.3) is 0 Å². The molecule has 1 saturated carbocycles. The van der Waals surface area contributed by atoms with Gasteiger partial charge in [0, 0.05) is 18.3 Å². The van der Waals surface area contributed by atoms with Crippen molar-refractivity contribution in [3.05, 3.63) is 48.0 Å². The van der Waals surface area contributed by atoms with Crippen molar-refractivity contribution in [1.82, 2.24) is 9.35 Å². The first kappa shape index (κ1) is 22.4. The summed E-state index contributed by atoms with van der Waals surface area (Å²) in [5.74, 6) is 11.1. The number of nitrogens with zero attached hydrogens (tertiary/aromatic N) is 6. The van der Waals surface area contributed by atoms with Crippen molar-refractivity contribution in [2.45, 2.75) is 53.9 Å². The van der Waals surface area contributed by atoms with E-state index in [0.717, 1.165) is 11.4 Å². The molecule has 140 valence electrons. The van der Waals surface area contributed by atoms with Crippen LogP contribution in [0.4, 0.5) is 0 Å². The molecular formula is C17H32N8. The lowest BCUT2D eigenvalue weighted by atomic mass is 9.85. The first-order chi connectivity index (χ1) is 10.8. The molecule has 0 bridgehead atoms. The van der Waals surface area contributed by atoms with Crippen molar-refractivity contribution in [2.24, 2.45) is 38.5 Å². The highest BCUT2D eigenvalue weighted by atomic mass is 15.5. The predicted octanol–water partition coefficient (Wildman–Crippen LogP) is 4.70. The molecule has 8 heteroatoms. The Morgan fingerprint density at radius 3 is 1.68 bits per heavy atom. The molecule has 0 radical (unpaired) electrons. The van der Waals surface area contributed by atoms with Gasteiger partial charge >= 0.3 is 0 Å². The Balaban J connectivity index is 0.00000192. The summed E-state index contributed by atoms with van der Waals surface area (Å²) < 4.78 is 3.44. The first-order valence-electron chi connectivity index (χ1n) is 7.42. The minimum absolute atomic E-state index is 0. The molecule has 2 aromatic rings. The second-order valence-corrected chi connectivity index (χ2v) is 5.49. The number of nitrogens with two attached hydrogens (primary N) is 2. The van der Waals surface area contributed by atoms with E-state index in [1.165, 1.54) is 25.7 Å². The normalized spacial score (nSPS) is 14.6. The van der Waals surface area contributed by atoms with Crippen molar-refractivity contribution in [1.29, 1.82) is 0 Å². The number of aromatic nitrogens is 2. The molecule has 0 amide bonds. The highest BCUT2D eigenvalue weighted by Gasteiger charge is 2.32. The molecule has 2 heterocycles. The molecule has 0 unspecified atom stereocenters. The first-order valence-corrected chi connectivity index (χ1v) is 7.42. The monoisotopic (exact) mass is 348 g/mol. The number of hydrogen-bond acceptors (Lipinski definition) is 4. The lowest BCUT2D eigenvalue weighted by Crippen LogP contribution is -2.17. The van der Waals surface area contributed by atoms with Crippen molar-refractivity contribution >= 4 is 0 Å². The van der Waals surface area contributed by atoms with Gasteiger partial charge in [0.25, 0.3) is 0 Å². The van der Waals surface area contributed by atoms with E-state index in [-0.39, 0.29) is 28.2 Å². The second kappa shape index (κ2) is 10.3. The van der Waals surface area contributed by atoms with Crippen LogP contribution >= 0.6 is 0 Å². The minimum Gasteiger partial charge on any atom is -0.303 e. The summed E-state index contributed by atoms with van der Waals surface area (Å²) in [6, 6.07) is 8.00. The third-order valence-corrected chi connectivity index (χ3v) is 4.32. The number of hydrogen-bond donors (Lipinski definition) is 2. The van der Waals surface area contributed by atoms with Gasteiger partial charge < -0.3 is 11.7 Å². The Morgan fingerprint density at radius 2 is 1.28 bits per heavy atom. The third kappa shape index (κ3) is 4.46. The van der Waals surface area contributed by atoms with Gasteiger partial charge in [0.1, 0.15) is 0 Å². The van der Waals surface area contributed by atoms with Gasteiger partial charge in [-0.3, -0.25) is 0 Å². The van der Waals surface area contributed by atoms with Crippen LogP contribution in [0.2, 0.25) is 0 Å². The standard InChI is InChI=1S/C14H20N8.3CH4/c15-17-19-21-9-3-7-12(21)14(11-5-1-2-6-11)13-8-4-10-22(13)20-18-16;;;/h3-4,7-11,14H,1-2,5-6H2,(H2,15,19)(H2,16,20);3*1H4. The lowest BCUT2D eigenvalue weighted by Gasteiger charge is -2.24. The Kier molecular flexibility index (Phi) is 9.19. The van der Waals surface area contributed by atoms with E-state index in [2.05, 4.69) is 33.0 Å². The van der Waals surface area contributed by atoms with Gasteiger partial charge in [0.15, 0.2) is 0 Å². The van der Waals surface area contributed by atoms with Gasteiger partial charge in [0.05, 0.1) is 11.4 Å². The molecule has 0 aliphatic heterocycles. The van der Waals surface area contributed by atoms with Crippen LogP contribution in [0.1, 0.15) is 65.3 Å². The fourth-order valence-electron chi connectivity index (χ4n) is 3.46. The molecule has 25 heavy (non-hydrogen) atoms. The van der Waals surface area contributed by atoms with Crippen LogP contribution in [-0.4, -0.2) is 9.35 Å². The smallest absolute Gasteiger partial charge is 0.0531 e. The van der Waals surface area contributed by atoms with Gasteiger partial charge in [-0.15, -0.1) is 0 Å². The quantitative estimate of drug-likeness (QED) is 0.463. The van der Waals surface area contributed by atoms with Crippen LogP contribution in [0.15, 0.2) is 57.6 Å². The van der Waals surface area contributed by atoms with E-state index < -0.39 is 0 Å². The summed E-state index contributed by atoms with van der Waals surface area (Å²) in [5, 5.41) is 14.8. The second-order valence-electron chi connectivity index (χ2n) is 5.49. The fraction of sp³-hybridized carbons (Fsp3) is 0.529. The van der Waals surface area contributed by atoms with Gasteiger partial charge in [-0.05, 0) is 53.5 Å². The van der Waals surface area contributed by atoms with Crippen LogP contribution < -0.4 is 11.7 Å². The van der Waals surface area contributed by atoms with Gasteiger partial charge in [-0.25, -0.2) is 9.35 Å². The lowest BCUT2D eigenvalue weighted by molar-refractivity contribution is 0.443. The molecule has 0 aromatic carbocycles. The maximum Gasteiger partial charge on any atom is 0.0531 e. The summed E-state index contributed by atoms with van der Waals surface area (Å²) in [6.07, 6.45) is 8.57. The molecule has 1 aliphatic carbocycles. The van der Waals surface area contributed by atoms with Gasteiger partial charge in [-0.2, -0.15) is 0 Å². The molecule has 3 rings (SSSR count). The largest absolute Gasteiger partial charge is 0.303 e. The third-order valence-electron chi connectivity index (χ3n) is 4.32. The molecular weight excluding hydrogens is 316 g/mol. The molecule has 2 aromatic heterocycles. The van der Waals surface area contributed by atoms with Crippen LogP contribution in [0.3, 0.4) is 0 Å². The zero-order valence-electron chi connectivity index (χ0n) is 12.3. The molecule has 8 nitrogen and oxygen atoms in total. The van der Waals surface area contributed by atoms with E-state index in [0.29, 0.717) is 5.92 Å². The molecule has 0 atom stereocenters. The summed E-state index contributed by atoms with van der Waals surface area (Å²) >= 11 is 0. The fourth-order valence-corrected chi connectivity index (χ4v) is 3.46. The maximum atomic E-state index is 5.22. The van der Waals surface area contributed by atoms with Crippen molar-refractivity contribution in [2.75, 3.05) is 0 Å². The Morgan fingerprint density at radius 1 is 0.840 bits per heavy atom. The Bertz CT molecular complexity index is 614. The summed E-state index contributed by atoms with van der Waals surface area (Å²) in [7, 11) is 0. The molecule has 4 N–H and O–H groups in total. The molecule has 1 aliphatic rings. The van der Waals surface area contributed by atoms with E-state index in [1.807, 2.05) is 24.5 Å². The van der Waals surface area contributed by atoms with Crippen LogP contribution in [0, 0.1) is 5.92 Å². The highest BCUT2D eigenvalue weighted by Crippen LogP contribution is 2.41. The van der Waals surface area contributed by atoms with Crippen molar-refractivity contribution in [3.8, 4) is 0 Å². The van der Waals surface area contributed by atoms with E-state index in [4.69, 9.17) is 11.7 Å². The molecule has 0 saturated heterocycles. The summed E-state index contributed by atoms with van der Waals surface area (Å²) in [5.41, 5.74) is 2.10. The Hall–Kier alpha value is -2.64.